The fourth-order valence-electron chi connectivity index (χ4n) is 2.82. The summed E-state index contributed by atoms with van der Waals surface area (Å²) in [6, 6.07) is 23.9. The van der Waals surface area contributed by atoms with Crippen molar-refractivity contribution < 1.29 is 5.11 Å². The first-order chi connectivity index (χ1) is 10.7. The number of hydrogen-bond donors (Lipinski definition) is 1. The first-order valence-corrected chi connectivity index (χ1v) is 7.50. The minimum absolute atomic E-state index is 0.280. The lowest BCUT2D eigenvalue weighted by Gasteiger charge is -2.07. The maximum absolute atomic E-state index is 9.41. The zero-order chi connectivity index (χ0) is 15.1. The Labute approximate surface area is 133 Å². The minimum Gasteiger partial charge on any atom is -0.508 e. The van der Waals surface area contributed by atoms with Gasteiger partial charge in [0.25, 0.3) is 0 Å². The molecule has 22 heavy (non-hydrogen) atoms. The van der Waals surface area contributed by atoms with E-state index in [9.17, 15) is 5.11 Å². The lowest BCUT2D eigenvalue weighted by molar-refractivity contribution is 0.475. The van der Waals surface area contributed by atoms with Crippen LogP contribution in [0.1, 0.15) is 0 Å². The van der Waals surface area contributed by atoms with Crippen molar-refractivity contribution in [1.29, 1.82) is 0 Å². The first kappa shape index (κ1) is 13.2. The van der Waals surface area contributed by atoms with Gasteiger partial charge in [-0.3, -0.25) is 0 Å². The molecule has 0 saturated carbocycles. The Kier molecular flexibility index (Phi) is 3.02. The Balaban J connectivity index is 1.94. The summed E-state index contributed by atoms with van der Waals surface area (Å²) in [6.07, 6.45) is 0. The maximum Gasteiger partial charge on any atom is 0.115 e. The fraction of sp³-hybridized carbons (Fsp3) is 0. The second kappa shape index (κ2) is 5.04. The zero-order valence-corrected chi connectivity index (χ0v) is 12.5. The zero-order valence-electron chi connectivity index (χ0n) is 11.8. The summed E-state index contributed by atoms with van der Waals surface area (Å²) >= 11 is 6.30. The van der Waals surface area contributed by atoms with E-state index in [1.165, 1.54) is 5.39 Å². The number of phenolic OH excluding ortho intramolecular Hbond substituents is 1. The van der Waals surface area contributed by atoms with Crippen LogP contribution in [0.2, 0.25) is 5.02 Å². The smallest absolute Gasteiger partial charge is 0.115 e. The molecule has 0 saturated heterocycles. The van der Waals surface area contributed by atoms with Gasteiger partial charge in [-0.25, -0.2) is 0 Å². The Morgan fingerprint density at radius 2 is 1.41 bits per heavy atom. The van der Waals surface area contributed by atoms with E-state index in [4.69, 9.17) is 11.6 Å². The molecule has 0 fully saturated rings. The largest absolute Gasteiger partial charge is 0.508 e. The highest BCUT2D eigenvalue weighted by atomic mass is 35.5. The molecular weight excluding hydrogens is 292 g/mol. The average molecular weight is 305 g/mol. The number of phenols is 1. The summed E-state index contributed by atoms with van der Waals surface area (Å²) in [6.45, 7) is 0. The molecule has 4 rings (SSSR count). The fourth-order valence-corrected chi connectivity index (χ4v) is 3.06. The van der Waals surface area contributed by atoms with Crippen molar-refractivity contribution in [3.05, 3.63) is 77.8 Å². The number of hydrogen-bond acceptors (Lipinski definition) is 1. The van der Waals surface area contributed by atoms with E-state index in [2.05, 4.69) is 36.4 Å². The molecule has 0 atom stereocenters. The van der Waals surface area contributed by atoms with Gasteiger partial charge in [0.1, 0.15) is 5.75 Å². The van der Waals surface area contributed by atoms with Gasteiger partial charge in [0.15, 0.2) is 0 Å². The van der Waals surface area contributed by atoms with E-state index in [1.807, 2.05) is 24.3 Å². The van der Waals surface area contributed by atoms with E-state index in [-0.39, 0.29) is 5.75 Å². The van der Waals surface area contributed by atoms with Crippen LogP contribution in [0.4, 0.5) is 0 Å². The number of fused-ring (bicyclic) bond motifs is 2. The Morgan fingerprint density at radius 1 is 0.636 bits per heavy atom. The van der Waals surface area contributed by atoms with Crippen molar-refractivity contribution in [3.63, 3.8) is 0 Å². The molecule has 0 aromatic heterocycles. The molecule has 4 aromatic carbocycles. The van der Waals surface area contributed by atoms with E-state index in [0.717, 1.165) is 32.3 Å². The molecule has 0 amide bonds. The topological polar surface area (TPSA) is 20.2 Å². The molecule has 0 aliphatic heterocycles. The Morgan fingerprint density at radius 3 is 2.23 bits per heavy atom. The van der Waals surface area contributed by atoms with Crippen molar-refractivity contribution in [1.82, 2.24) is 0 Å². The predicted molar refractivity (Wildman–Crippen MR) is 93.6 cm³/mol. The van der Waals surface area contributed by atoms with Gasteiger partial charge >= 0.3 is 0 Å². The molecule has 0 aliphatic carbocycles. The third-order valence-corrected chi connectivity index (χ3v) is 4.31. The summed E-state index contributed by atoms with van der Waals surface area (Å²) in [5.74, 6) is 0.280. The van der Waals surface area contributed by atoms with Crippen LogP contribution in [0.15, 0.2) is 72.8 Å². The molecule has 2 heteroatoms. The van der Waals surface area contributed by atoms with Crippen LogP contribution >= 0.6 is 11.6 Å². The summed E-state index contributed by atoms with van der Waals surface area (Å²) in [4.78, 5) is 0. The monoisotopic (exact) mass is 304 g/mol. The lowest BCUT2D eigenvalue weighted by atomic mass is 9.98. The standard InChI is InChI=1S/C20H13ClO/c21-20-3-1-2-16-10-15-5-4-14(11-17(15)12-19(16)20)13-6-8-18(22)9-7-13/h1-12,22H. The second-order valence-electron chi connectivity index (χ2n) is 5.42. The molecule has 0 unspecified atom stereocenters. The molecule has 1 N–H and O–H groups in total. The van der Waals surface area contributed by atoms with Gasteiger partial charge in [0.05, 0.1) is 0 Å². The molecule has 0 spiro atoms. The highest BCUT2D eigenvalue weighted by molar-refractivity contribution is 6.35. The van der Waals surface area contributed by atoms with Crippen LogP contribution in [-0.2, 0) is 0 Å². The van der Waals surface area contributed by atoms with Crippen molar-refractivity contribution in [2.45, 2.75) is 0 Å². The summed E-state index contributed by atoms with van der Waals surface area (Å²) < 4.78 is 0. The van der Waals surface area contributed by atoms with E-state index < -0.39 is 0 Å². The normalized spacial score (nSPS) is 11.1. The van der Waals surface area contributed by atoms with E-state index in [1.54, 1.807) is 12.1 Å². The SMILES string of the molecule is Oc1ccc(-c2ccc3cc4cccc(Cl)c4cc3c2)cc1. The van der Waals surface area contributed by atoms with Gasteiger partial charge in [-0.15, -0.1) is 0 Å². The Bertz CT molecular complexity index is 988. The second-order valence-corrected chi connectivity index (χ2v) is 5.83. The molecule has 0 heterocycles. The van der Waals surface area contributed by atoms with Crippen molar-refractivity contribution >= 4 is 33.1 Å². The summed E-state index contributed by atoms with van der Waals surface area (Å²) in [5.41, 5.74) is 2.21. The maximum atomic E-state index is 9.41. The van der Waals surface area contributed by atoms with Gasteiger partial charge in [-0.05, 0) is 63.7 Å². The minimum atomic E-state index is 0.280. The van der Waals surface area contributed by atoms with Crippen molar-refractivity contribution in [2.24, 2.45) is 0 Å². The van der Waals surface area contributed by atoms with Gasteiger partial charge in [-0.1, -0.05) is 48.0 Å². The molecule has 4 aromatic rings. The molecule has 0 radical (unpaired) electrons. The number of rotatable bonds is 1. The summed E-state index contributed by atoms with van der Waals surface area (Å²) in [5, 5.41) is 14.8. The Hall–Kier alpha value is -2.51. The molecule has 0 bridgehead atoms. The summed E-state index contributed by atoms with van der Waals surface area (Å²) in [7, 11) is 0. The lowest BCUT2D eigenvalue weighted by Crippen LogP contribution is -1.81. The molecule has 0 aliphatic rings. The highest BCUT2D eigenvalue weighted by Crippen LogP contribution is 2.31. The predicted octanol–water partition coefficient (Wildman–Crippen LogP) is 6.02. The molecule has 106 valence electrons. The number of aromatic hydroxyl groups is 1. The molecular formula is C20H13ClO. The first-order valence-electron chi connectivity index (χ1n) is 7.12. The third kappa shape index (κ3) is 2.20. The number of halogens is 1. The van der Waals surface area contributed by atoms with Gasteiger partial charge in [0.2, 0.25) is 0 Å². The average Bonchev–Trinajstić information content (AvgIpc) is 2.54. The van der Waals surface area contributed by atoms with Crippen LogP contribution in [-0.4, -0.2) is 5.11 Å². The van der Waals surface area contributed by atoms with E-state index >= 15 is 0 Å². The quantitative estimate of drug-likeness (QED) is 0.426. The van der Waals surface area contributed by atoms with Gasteiger partial charge < -0.3 is 5.11 Å². The van der Waals surface area contributed by atoms with Gasteiger partial charge in [0, 0.05) is 10.4 Å². The van der Waals surface area contributed by atoms with Crippen LogP contribution < -0.4 is 0 Å². The van der Waals surface area contributed by atoms with E-state index in [0.29, 0.717) is 0 Å². The molecule has 1 nitrogen and oxygen atoms in total. The van der Waals surface area contributed by atoms with Crippen LogP contribution in [0, 0.1) is 0 Å². The van der Waals surface area contributed by atoms with Crippen molar-refractivity contribution in [3.8, 4) is 16.9 Å². The highest BCUT2D eigenvalue weighted by Gasteiger charge is 2.04. The van der Waals surface area contributed by atoms with Crippen LogP contribution in [0.5, 0.6) is 5.75 Å². The number of benzene rings is 4. The van der Waals surface area contributed by atoms with Crippen LogP contribution in [0.3, 0.4) is 0 Å². The third-order valence-electron chi connectivity index (χ3n) is 3.98. The van der Waals surface area contributed by atoms with Gasteiger partial charge in [-0.2, -0.15) is 0 Å². The van der Waals surface area contributed by atoms with Crippen molar-refractivity contribution in [2.75, 3.05) is 0 Å². The van der Waals surface area contributed by atoms with Crippen LogP contribution in [0.25, 0.3) is 32.7 Å².